The molecule has 1 N–H and O–H groups in total. The predicted molar refractivity (Wildman–Crippen MR) is 95.6 cm³/mol. The third-order valence-electron chi connectivity index (χ3n) is 5.18. The Morgan fingerprint density at radius 3 is 2.52 bits per heavy atom. The lowest BCUT2D eigenvalue weighted by Crippen LogP contribution is -2.53. The first-order valence-electron chi connectivity index (χ1n) is 9.59. The van der Waals surface area contributed by atoms with Gasteiger partial charge in [-0.15, -0.1) is 0 Å². The van der Waals surface area contributed by atoms with Crippen molar-refractivity contribution in [1.82, 2.24) is 5.32 Å². The van der Waals surface area contributed by atoms with Gasteiger partial charge in [-0.1, -0.05) is 6.07 Å². The van der Waals surface area contributed by atoms with Gasteiger partial charge in [-0.05, 0) is 39.3 Å². The molecule has 3 aliphatic heterocycles. The second kappa shape index (κ2) is 7.24. The highest BCUT2D eigenvalue weighted by molar-refractivity contribution is 5.79. The van der Waals surface area contributed by atoms with Gasteiger partial charge in [-0.2, -0.15) is 0 Å². The Balaban J connectivity index is 1.50. The van der Waals surface area contributed by atoms with E-state index in [0.717, 1.165) is 12.1 Å². The van der Waals surface area contributed by atoms with Crippen LogP contribution < -0.4 is 5.32 Å². The van der Waals surface area contributed by atoms with Gasteiger partial charge in [-0.3, -0.25) is 4.79 Å². The van der Waals surface area contributed by atoms with E-state index < -0.39 is 59.8 Å². The molecule has 0 unspecified atom stereocenters. The standard InChI is InChI=1S/C20H25F2NO6/c1-19(2)25-9-13(27-19)16-15(17-18(26-16)29-20(3,4)28-17)23-14(24)7-10-5-6-11(21)8-12(10)22/h5-6,8,13,15-18H,7,9H2,1-4H3,(H,23,24)/t13-,15-,16-,17-,18-/m1/s1. The molecule has 1 aromatic carbocycles. The molecule has 3 fully saturated rings. The van der Waals surface area contributed by atoms with Gasteiger partial charge in [0.1, 0.15) is 29.9 Å². The third kappa shape index (κ3) is 4.29. The minimum Gasteiger partial charge on any atom is -0.348 e. The Bertz CT molecular complexity index is 801. The molecule has 1 aromatic rings. The monoisotopic (exact) mass is 413 g/mol. The lowest BCUT2D eigenvalue weighted by molar-refractivity contribution is -0.223. The van der Waals surface area contributed by atoms with Crippen LogP contribution in [0.15, 0.2) is 18.2 Å². The maximum absolute atomic E-state index is 13.9. The van der Waals surface area contributed by atoms with Crippen LogP contribution in [0.5, 0.6) is 0 Å². The maximum Gasteiger partial charge on any atom is 0.224 e. The molecule has 29 heavy (non-hydrogen) atoms. The maximum atomic E-state index is 13.9. The van der Waals surface area contributed by atoms with Gasteiger partial charge in [0.25, 0.3) is 0 Å². The van der Waals surface area contributed by atoms with E-state index in [0.29, 0.717) is 6.61 Å². The minimum absolute atomic E-state index is 0.0985. The number of hydrogen-bond donors (Lipinski definition) is 1. The zero-order valence-corrected chi connectivity index (χ0v) is 16.7. The second-order valence-corrected chi connectivity index (χ2v) is 8.44. The van der Waals surface area contributed by atoms with E-state index in [2.05, 4.69) is 5.32 Å². The van der Waals surface area contributed by atoms with Gasteiger partial charge in [0, 0.05) is 6.07 Å². The average molecular weight is 413 g/mol. The first-order valence-corrected chi connectivity index (χ1v) is 9.59. The molecule has 9 heteroatoms. The number of benzene rings is 1. The van der Waals surface area contributed by atoms with Crippen molar-refractivity contribution in [2.24, 2.45) is 0 Å². The summed E-state index contributed by atoms with van der Waals surface area (Å²) in [5, 5.41) is 2.87. The van der Waals surface area contributed by atoms with Crippen LogP contribution in [0.3, 0.4) is 0 Å². The molecule has 7 nitrogen and oxygen atoms in total. The molecule has 4 rings (SSSR count). The molecule has 160 valence electrons. The zero-order valence-electron chi connectivity index (χ0n) is 16.7. The van der Waals surface area contributed by atoms with Crippen LogP contribution in [-0.2, 0) is 34.9 Å². The third-order valence-corrected chi connectivity index (χ3v) is 5.18. The van der Waals surface area contributed by atoms with Crippen molar-refractivity contribution < 1.29 is 37.3 Å². The summed E-state index contributed by atoms with van der Waals surface area (Å²) in [5.41, 5.74) is 0.0985. The summed E-state index contributed by atoms with van der Waals surface area (Å²) in [7, 11) is 0. The van der Waals surface area contributed by atoms with Crippen molar-refractivity contribution >= 4 is 5.91 Å². The Morgan fingerprint density at radius 2 is 1.86 bits per heavy atom. The number of carbonyl (C=O) groups is 1. The number of halogens is 2. The summed E-state index contributed by atoms with van der Waals surface area (Å²) in [6.45, 7) is 7.40. The summed E-state index contributed by atoms with van der Waals surface area (Å²) in [5.74, 6) is -3.54. The average Bonchev–Trinajstić information content (AvgIpc) is 3.20. The topological polar surface area (TPSA) is 75.3 Å². The Morgan fingerprint density at radius 1 is 1.10 bits per heavy atom. The van der Waals surface area contributed by atoms with E-state index in [1.807, 2.05) is 0 Å². The highest BCUT2D eigenvalue weighted by atomic mass is 19.1. The fourth-order valence-electron chi connectivity index (χ4n) is 3.97. The smallest absolute Gasteiger partial charge is 0.224 e. The number of ether oxygens (including phenoxy) is 5. The molecule has 0 spiro atoms. The molecule has 0 radical (unpaired) electrons. The number of carbonyl (C=O) groups excluding carboxylic acids is 1. The van der Waals surface area contributed by atoms with Crippen LogP contribution in [-0.4, -0.2) is 54.7 Å². The summed E-state index contributed by atoms with van der Waals surface area (Å²) in [4.78, 5) is 12.6. The van der Waals surface area contributed by atoms with E-state index in [4.69, 9.17) is 23.7 Å². The number of fused-ring (bicyclic) bond motifs is 1. The van der Waals surface area contributed by atoms with E-state index in [9.17, 15) is 13.6 Å². The largest absolute Gasteiger partial charge is 0.348 e. The normalized spacial score (nSPS) is 34.9. The summed E-state index contributed by atoms with van der Waals surface area (Å²) in [6.07, 6.45) is -2.46. The van der Waals surface area contributed by atoms with Crippen LogP contribution in [0.25, 0.3) is 0 Å². The SMILES string of the molecule is CC1(C)O[C@H]2O[C@H]([C@H]3COC(C)(C)O3)[C@@H](NC(=O)Cc3ccc(F)cc3F)[C@H]2O1. The van der Waals surface area contributed by atoms with Crippen molar-refractivity contribution in [3.05, 3.63) is 35.4 Å². The number of rotatable bonds is 4. The quantitative estimate of drug-likeness (QED) is 0.814. The number of hydrogen-bond acceptors (Lipinski definition) is 6. The van der Waals surface area contributed by atoms with Gasteiger partial charge < -0.3 is 29.0 Å². The van der Waals surface area contributed by atoms with Gasteiger partial charge in [0.2, 0.25) is 5.91 Å². The van der Waals surface area contributed by atoms with Gasteiger partial charge in [-0.25, -0.2) is 8.78 Å². The highest BCUT2D eigenvalue weighted by Crippen LogP contribution is 2.40. The molecule has 3 aliphatic rings. The molecule has 0 aromatic heterocycles. The Hall–Kier alpha value is -1.65. The predicted octanol–water partition coefficient (Wildman–Crippen LogP) is 2.02. The van der Waals surface area contributed by atoms with Crippen molar-refractivity contribution in [1.29, 1.82) is 0 Å². The molecule has 3 saturated heterocycles. The molecule has 0 bridgehead atoms. The van der Waals surface area contributed by atoms with Crippen molar-refractivity contribution in [2.45, 2.75) is 76.3 Å². The van der Waals surface area contributed by atoms with Crippen molar-refractivity contribution in [2.75, 3.05) is 6.61 Å². The zero-order chi connectivity index (χ0) is 21.0. The summed E-state index contributed by atoms with van der Waals surface area (Å²) < 4.78 is 56.3. The van der Waals surface area contributed by atoms with E-state index in [1.165, 1.54) is 6.07 Å². The van der Waals surface area contributed by atoms with Crippen LogP contribution in [0, 0.1) is 11.6 Å². The molecule has 0 aliphatic carbocycles. The molecule has 5 atom stereocenters. The molecule has 1 amide bonds. The lowest BCUT2D eigenvalue weighted by atomic mass is 10.0. The summed E-state index contributed by atoms with van der Waals surface area (Å²) in [6, 6.07) is 2.54. The molecule has 0 saturated carbocycles. The van der Waals surface area contributed by atoms with Gasteiger partial charge in [0.15, 0.2) is 17.9 Å². The van der Waals surface area contributed by atoms with Crippen LogP contribution in [0.2, 0.25) is 0 Å². The van der Waals surface area contributed by atoms with E-state index in [1.54, 1.807) is 27.7 Å². The fourth-order valence-corrected chi connectivity index (χ4v) is 3.97. The van der Waals surface area contributed by atoms with E-state index in [-0.39, 0.29) is 12.0 Å². The number of nitrogens with one attached hydrogen (secondary N) is 1. The summed E-state index contributed by atoms with van der Waals surface area (Å²) >= 11 is 0. The first-order chi connectivity index (χ1) is 13.5. The van der Waals surface area contributed by atoms with Crippen LogP contribution in [0.1, 0.15) is 33.3 Å². The van der Waals surface area contributed by atoms with E-state index >= 15 is 0 Å². The van der Waals surface area contributed by atoms with Gasteiger partial charge >= 0.3 is 0 Å². The van der Waals surface area contributed by atoms with Gasteiger partial charge in [0.05, 0.1) is 19.1 Å². The minimum atomic E-state index is -0.862. The Kier molecular flexibility index (Phi) is 5.15. The van der Waals surface area contributed by atoms with Crippen LogP contribution >= 0.6 is 0 Å². The molecular formula is C20H25F2NO6. The molecule has 3 heterocycles. The van der Waals surface area contributed by atoms with Crippen LogP contribution in [0.4, 0.5) is 8.78 Å². The van der Waals surface area contributed by atoms with Crippen molar-refractivity contribution in [3.8, 4) is 0 Å². The van der Waals surface area contributed by atoms with Crippen molar-refractivity contribution in [3.63, 3.8) is 0 Å². The fraction of sp³-hybridized carbons (Fsp3) is 0.650. The lowest BCUT2D eigenvalue weighted by Gasteiger charge is -2.29. The first kappa shape index (κ1) is 20.6. The molecular weight excluding hydrogens is 388 g/mol. The second-order valence-electron chi connectivity index (χ2n) is 8.44. The number of amides is 1. The Labute approximate surface area is 167 Å². The highest BCUT2D eigenvalue weighted by Gasteiger charge is 2.58.